The average molecular weight is 400 g/mol. The molecule has 2 aromatic rings. The molecule has 2 aromatic carbocycles. The number of benzene rings is 2. The summed E-state index contributed by atoms with van der Waals surface area (Å²) in [4.78, 5) is 14.4. The average Bonchev–Trinajstić information content (AvgIpc) is 2.73. The minimum Gasteiger partial charge on any atom is -0.496 e. The van der Waals surface area contributed by atoms with Gasteiger partial charge in [-0.15, -0.1) is 0 Å². The first-order valence-corrected chi connectivity index (χ1v) is 9.90. The zero-order valence-electron chi connectivity index (χ0n) is 17.3. The molecule has 0 aromatic heterocycles. The zero-order chi connectivity index (χ0) is 20.9. The molecule has 6 heteroatoms. The van der Waals surface area contributed by atoms with Crippen LogP contribution in [0, 0.1) is 12.7 Å². The van der Waals surface area contributed by atoms with Gasteiger partial charge in [0, 0.05) is 38.8 Å². The molecule has 1 heterocycles. The molecule has 0 unspecified atom stereocenters. The maximum atomic E-state index is 13.8. The van der Waals surface area contributed by atoms with Gasteiger partial charge in [-0.25, -0.2) is 9.18 Å². The van der Waals surface area contributed by atoms with Gasteiger partial charge in [-0.3, -0.25) is 0 Å². The molecule has 3 rings (SSSR count). The Hall–Kier alpha value is -2.60. The van der Waals surface area contributed by atoms with Crippen LogP contribution < -0.4 is 10.1 Å². The monoisotopic (exact) mass is 400 g/mol. The van der Waals surface area contributed by atoms with E-state index < -0.39 is 0 Å². The Kier molecular flexibility index (Phi) is 6.75. The fourth-order valence-electron chi connectivity index (χ4n) is 3.91. The van der Waals surface area contributed by atoms with E-state index in [9.17, 15) is 9.18 Å². The quantitative estimate of drug-likeness (QED) is 0.796. The van der Waals surface area contributed by atoms with Crippen molar-refractivity contribution >= 4 is 6.03 Å². The van der Waals surface area contributed by atoms with Gasteiger partial charge in [0.25, 0.3) is 0 Å². The van der Waals surface area contributed by atoms with Crippen molar-refractivity contribution in [3.05, 3.63) is 65.0 Å². The minimum atomic E-state index is -0.312. The number of aryl methyl sites for hydroxylation is 1. The number of halogens is 1. The number of carbonyl (C=O) groups excluding carboxylic acids is 1. The van der Waals surface area contributed by atoms with E-state index in [0.717, 1.165) is 35.3 Å². The standard InChI is InChI=1S/C23H29FN2O3/c1-17-13-18(7-8-21(17)28-3)15-26(2)22(27)25-16-23(9-11-29-12-10-23)19-5-4-6-20(24)14-19/h4-8,13-14H,9-12,15-16H2,1-3H3,(H,25,27). The van der Waals surface area contributed by atoms with Crippen LogP contribution in [0.3, 0.4) is 0 Å². The highest BCUT2D eigenvalue weighted by molar-refractivity contribution is 5.74. The van der Waals surface area contributed by atoms with Crippen LogP contribution in [0.25, 0.3) is 0 Å². The second-order valence-electron chi connectivity index (χ2n) is 7.72. The first kappa shape index (κ1) is 21.1. The van der Waals surface area contributed by atoms with Gasteiger partial charge in [-0.1, -0.05) is 24.3 Å². The largest absolute Gasteiger partial charge is 0.496 e. The minimum absolute atomic E-state index is 0.152. The number of rotatable bonds is 6. The van der Waals surface area contributed by atoms with Gasteiger partial charge in [-0.2, -0.15) is 0 Å². The molecule has 0 bridgehead atoms. The van der Waals surface area contributed by atoms with Crippen molar-refractivity contribution in [1.82, 2.24) is 10.2 Å². The van der Waals surface area contributed by atoms with E-state index in [2.05, 4.69) is 5.32 Å². The summed E-state index contributed by atoms with van der Waals surface area (Å²) in [7, 11) is 3.42. The van der Waals surface area contributed by atoms with Crippen molar-refractivity contribution in [1.29, 1.82) is 0 Å². The Morgan fingerprint density at radius 2 is 2.00 bits per heavy atom. The summed E-state index contributed by atoms with van der Waals surface area (Å²) >= 11 is 0. The van der Waals surface area contributed by atoms with Crippen LogP contribution in [0.2, 0.25) is 0 Å². The van der Waals surface area contributed by atoms with Gasteiger partial charge in [-0.05, 0) is 54.7 Å². The van der Waals surface area contributed by atoms with E-state index in [4.69, 9.17) is 9.47 Å². The van der Waals surface area contributed by atoms with Gasteiger partial charge in [0.1, 0.15) is 11.6 Å². The summed E-state index contributed by atoms with van der Waals surface area (Å²) in [6.45, 7) is 4.13. The number of methoxy groups -OCH3 is 1. The number of hydrogen-bond acceptors (Lipinski definition) is 3. The molecule has 0 spiro atoms. The van der Waals surface area contributed by atoms with Gasteiger partial charge < -0.3 is 19.7 Å². The smallest absolute Gasteiger partial charge is 0.317 e. The summed E-state index contributed by atoms with van der Waals surface area (Å²) in [5.74, 6) is 0.573. The summed E-state index contributed by atoms with van der Waals surface area (Å²) in [6, 6.07) is 12.4. The number of ether oxygens (including phenoxy) is 2. The van der Waals surface area contributed by atoms with Crippen molar-refractivity contribution in [3.8, 4) is 5.75 Å². The second-order valence-corrected chi connectivity index (χ2v) is 7.72. The maximum Gasteiger partial charge on any atom is 0.317 e. The Bertz CT molecular complexity index is 850. The summed E-state index contributed by atoms with van der Waals surface area (Å²) < 4.78 is 24.6. The third-order valence-electron chi connectivity index (χ3n) is 5.69. The predicted octanol–water partition coefficient (Wildman–Crippen LogP) is 4.03. The molecular formula is C23H29FN2O3. The molecule has 1 saturated heterocycles. The van der Waals surface area contributed by atoms with Crippen LogP contribution >= 0.6 is 0 Å². The summed E-state index contributed by atoms with van der Waals surface area (Å²) in [5, 5.41) is 3.05. The van der Waals surface area contributed by atoms with Crippen LogP contribution in [0.1, 0.15) is 29.5 Å². The fraction of sp³-hybridized carbons (Fsp3) is 0.435. The van der Waals surface area contributed by atoms with Gasteiger partial charge in [0.15, 0.2) is 0 Å². The van der Waals surface area contributed by atoms with Crippen LogP contribution in [0.15, 0.2) is 42.5 Å². The second kappa shape index (κ2) is 9.27. The van der Waals surface area contributed by atoms with Gasteiger partial charge >= 0.3 is 6.03 Å². The summed E-state index contributed by atoms with van der Waals surface area (Å²) in [6.07, 6.45) is 1.50. The summed E-state index contributed by atoms with van der Waals surface area (Å²) in [5.41, 5.74) is 2.67. The molecule has 0 saturated carbocycles. The van der Waals surface area contributed by atoms with Crippen molar-refractivity contribution in [2.75, 3.05) is 33.9 Å². The van der Waals surface area contributed by atoms with Crippen LogP contribution in [-0.2, 0) is 16.7 Å². The lowest BCUT2D eigenvalue weighted by Gasteiger charge is -2.38. The Morgan fingerprint density at radius 1 is 1.24 bits per heavy atom. The Labute approximate surface area is 171 Å². The molecular weight excluding hydrogens is 371 g/mol. The van der Waals surface area contributed by atoms with Crippen LogP contribution in [0.5, 0.6) is 5.75 Å². The molecule has 0 atom stereocenters. The zero-order valence-corrected chi connectivity index (χ0v) is 17.3. The number of hydrogen-bond donors (Lipinski definition) is 1. The molecule has 0 radical (unpaired) electrons. The molecule has 1 aliphatic heterocycles. The first-order chi connectivity index (χ1) is 13.9. The fourth-order valence-corrected chi connectivity index (χ4v) is 3.91. The SMILES string of the molecule is COc1ccc(CN(C)C(=O)NCC2(c3cccc(F)c3)CCOCC2)cc1C. The lowest BCUT2D eigenvalue weighted by atomic mass is 9.74. The van der Waals surface area contributed by atoms with Gasteiger partial charge in [0.2, 0.25) is 0 Å². The van der Waals surface area contributed by atoms with E-state index in [1.165, 1.54) is 6.07 Å². The highest BCUT2D eigenvalue weighted by atomic mass is 19.1. The number of carbonyl (C=O) groups is 1. The highest BCUT2D eigenvalue weighted by Gasteiger charge is 2.35. The van der Waals surface area contributed by atoms with E-state index in [1.54, 1.807) is 31.2 Å². The Balaban J connectivity index is 1.66. The molecule has 2 amide bonds. The van der Waals surface area contributed by atoms with Crippen LogP contribution in [0.4, 0.5) is 9.18 Å². The first-order valence-electron chi connectivity index (χ1n) is 9.90. The predicted molar refractivity (Wildman–Crippen MR) is 111 cm³/mol. The third-order valence-corrected chi connectivity index (χ3v) is 5.69. The molecule has 156 valence electrons. The van der Waals surface area contributed by atoms with Crippen molar-refractivity contribution in [2.24, 2.45) is 0 Å². The van der Waals surface area contributed by atoms with Gasteiger partial charge in [0.05, 0.1) is 7.11 Å². The molecule has 5 nitrogen and oxygen atoms in total. The van der Waals surface area contributed by atoms with Crippen LogP contribution in [-0.4, -0.2) is 44.8 Å². The highest BCUT2D eigenvalue weighted by Crippen LogP contribution is 2.34. The molecule has 1 fully saturated rings. The number of nitrogens with zero attached hydrogens (tertiary/aromatic N) is 1. The third kappa shape index (κ3) is 5.07. The molecule has 1 N–H and O–H groups in total. The van der Waals surface area contributed by atoms with Crippen molar-refractivity contribution in [3.63, 3.8) is 0 Å². The van der Waals surface area contributed by atoms with Crippen molar-refractivity contribution < 1.29 is 18.7 Å². The van der Waals surface area contributed by atoms with E-state index in [-0.39, 0.29) is 17.3 Å². The number of nitrogens with one attached hydrogen (secondary N) is 1. The van der Waals surface area contributed by atoms with E-state index in [0.29, 0.717) is 26.3 Å². The van der Waals surface area contributed by atoms with Crippen molar-refractivity contribution in [2.45, 2.75) is 31.7 Å². The lowest BCUT2D eigenvalue weighted by molar-refractivity contribution is 0.0501. The maximum absolute atomic E-state index is 13.8. The number of amides is 2. The Morgan fingerprint density at radius 3 is 2.66 bits per heavy atom. The molecule has 1 aliphatic rings. The topological polar surface area (TPSA) is 50.8 Å². The molecule has 29 heavy (non-hydrogen) atoms. The lowest BCUT2D eigenvalue weighted by Crippen LogP contribution is -2.47. The normalized spacial score (nSPS) is 15.6. The molecule has 0 aliphatic carbocycles. The number of urea groups is 1. The van der Waals surface area contributed by atoms with E-state index in [1.807, 2.05) is 31.2 Å². The van der Waals surface area contributed by atoms with E-state index >= 15 is 0 Å².